The maximum atomic E-state index is 13.6. The Hall–Kier alpha value is -1.63. The molecule has 1 aromatic heterocycles. The third kappa shape index (κ3) is 2.23. The van der Waals surface area contributed by atoms with E-state index in [4.69, 9.17) is 11.6 Å². The van der Waals surface area contributed by atoms with E-state index in [9.17, 15) is 17.6 Å². The second kappa shape index (κ2) is 3.99. The molecule has 0 bridgehead atoms. The first-order chi connectivity index (χ1) is 7.89. The zero-order valence-electron chi connectivity index (χ0n) is 7.92. The Balaban J connectivity index is 2.57. The Morgan fingerprint density at radius 1 is 1.18 bits per heavy atom. The molecule has 0 aliphatic heterocycles. The van der Waals surface area contributed by atoms with Crippen molar-refractivity contribution in [3.63, 3.8) is 0 Å². The molecule has 2 rings (SSSR count). The van der Waals surface area contributed by atoms with Crippen molar-refractivity contribution in [2.24, 2.45) is 0 Å². The number of halogens is 5. The summed E-state index contributed by atoms with van der Waals surface area (Å²) in [5.41, 5.74) is -1.84. The lowest BCUT2D eigenvalue weighted by Gasteiger charge is -2.08. The van der Waals surface area contributed by atoms with E-state index in [2.05, 4.69) is 14.6 Å². The lowest BCUT2D eigenvalue weighted by molar-refractivity contribution is -0.139. The summed E-state index contributed by atoms with van der Waals surface area (Å²) in [7, 11) is 0. The summed E-state index contributed by atoms with van der Waals surface area (Å²) in [6.07, 6.45) is -4.79. The molecule has 3 nitrogen and oxygen atoms in total. The van der Waals surface area contributed by atoms with Crippen LogP contribution in [-0.4, -0.2) is 10.2 Å². The van der Waals surface area contributed by atoms with Crippen molar-refractivity contribution in [1.29, 1.82) is 0 Å². The van der Waals surface area contributed by atoms with Crippen molar-refractivity contribution in [2.75, 3.05) is 0 Å². The van der Waals surface area contributed by atoms with Gasteiger partial charge >= 0.3 is 11.5 Å². The van der Waals surface area contributed by atoms with Crippen molar-refractivity contribution in [1.82, 2.24) is 10.2 Å². The fraction of sp³-hybridized carbons (Fsp3) is 0.111. The Labute approximate surface area is 97.0 Å². The smallest absolute Gasteiger partial charge is 0.407 e. The van der Waals surface area contributed by atoms with Crippen LogP contribution in [0.15, 0.2) is 22.6 Å². The molecular weight excluding hydrogens is 264 g/mol. The van der Waals surface area contributed by atoms with Gasteiger partial charge in [-0.25, -0.2) is 4.39 Å². The lowest BCUT2D eigenvalue weighted by Crippen LogP contribution is -2.08. The standard InChI is InChI=1S/C9H3ClF4N2O/c10-8-16-15-7(17-8)4-2-1-3-5(6(4)11)9(12,13)14/h1-3H. The van der Waals surface area contributed by atoms with Crippen LogP contribution in [-0.2, 0) is 6.18 Å². The van der Waals surface area contributed by atoms with Gasteiger partial charge in [0.2, 0.25) is 0 Å². The van der Waals surface area contributed by atoms with E-state index < -0.39 is 29.0 Å². The first kappa shape index (κ1) is 11.8. The number of rotatable bonds is 1. The van der Waals surface area contributed by atoms with Crippen LogP contribution >= 0.6 is 11.6 Å². The van der Waals surface area contributed by atoms with E-state index in [1.54, 1.807) is 0 Å². The number of nitrogens with zero attached hydrogens (tertiary/aromatic N) is 2. The predicted octanol–water partition coefficient (Wildman–Crippen LogP) is 3.55. The van der Waals surface area contributed by atoms with Gasteiger partial charge in [-0.2, -0.15) is 13.2 Å². The van der Waals surface area contributed by atoms with Crippen LogP contribution in [0.25, 0.3) is 11.5 Å². The quantitative estimate of drug-likeness (QED) is 0.741. The molecule has 0 saturated heterocycles. The van der Waals surface area contributed by atoms with Crippen LogP contribution < -0.4 is 0 Å². The molecule has 0 fully saturated rings. The van der Waals surface area contributed by atoms with Crippen molar-refractivity contribution in [3.8, 4) is 11.5 Å². The number of benzene rings is 1. The molecule has 0 spiro atoms. The van der Waals surface area contributed by atoms with Gasteiger partial charge in [0.25, 0.3) is 5.89 Å². The minimum absolute atomic E-state index is 0.378. The first-order valence-electron chi connectivity index (χ1n) is 4.24. The molecule has 1 aromatic carbocycles. The second-order valence-corrected chi connectivity index (χ2v) is 3.35. The van der Waals surface area contributed by atoms with Gasteiger partial charge in [-0.3, -0.25) is 0 Å². The molecule has 0 unspecified atom stereocenters. The summed E-state index contributed by atoms with van der Waals surface area (Å²) in [5.74, 6) is -1.88. The molecule has 0 atom stereocenters. The Bertz CT molecular complexity index is 552. The summed E-state index contributed by atoms with van der Waals surface area (Å²) in [4.78, 5) is 0. The molecule has 8 heteroatoms. The molecule has 2 aromatic rings. The van der Waals surface area contributed by atoms with E-state index >= 15 is 0 Å². The lowest BCUT2D eigenvalue weighted by atomic mass is 10.1. The molecule has 1 heterocycles. The largest absolute Gasteiger partial charge is 0.419 e. The van der Waals surface area contributed by atoms with Gasteiger partial charge in [0.1, 0.15) is 5.82 Å². The summed E-state index contributed by atoms with van der Waals surface area (Å²) in [5, 5.41) is 6.16. The van der Waals surface area contributed by atoms with Crippen LogP contribution in [0.1, 0.15) is 5.56 Å². The molecule has 0 N–H and O–H groups in total. The summed E-state index contributed by atoms with van der Waals surface area (Å²) in [6.45, 7) is 0. The fourth-order valence-corrected chi connectivity index (χ4v) is 1.34. The van der Waals surface area contributed by atoms with E-state index in [1.165, 1.54) is 0 Å². The number of aromatic nitrogens is 2. The molecule has 0 aliphatic rings. The zero-order valence-corrected chi connectivity index (χ0v) is 8.68. The highest BCUT2D eigenvalue weighted by molar-refractivity contribution is 6.27. The van der Waals surface area contributed by atoms with Crippen molar-refractivity contribution in [3.05, 3.63) is 34.9 Å². The van der Waals surface area contributed by atoms with Gasteiger partial charge in [-0.05, 0) is 23.7 Å². The van der Waals surface area contributed by atoms with Gasteiger partial charge in [0, 0.05) is 0 Å². The summed E-state index contributed by atoms with van der Waals surface area (Å²) >= 11 is 5.31. The zero-order chi connectivity index (χ0) is 12.6. The van der Waals surface area contributed by atoms with Crippen LogP contribution in [0.4, 0.5) is 17.6 Å². The normalized spacial score (nSPS) is 11.8. The maximum absolute atomic E-state index is 13.6. The van der Waals surface area contributed by atoms with Crippen molar-refractivity contribution >= 4 is 11.6 Å². The third-order valence-corrected chi connectivity index (χ3v) is 2.09. The van der Waals surface area contributed by atoms with Gasteiger partial charge in [-0.15, -0.1) is 5.10 Å². The highest BCUT2D eigenvalue weighted by Gasteiger charge is 2.35. The second-order valence-electron chi connectivity index (χ2n) is 3.03. The molecule has 90 valence electrons. The van der Waals surface area contributed by atoms with Gasteiger partial charge in [-0.1, -0.05) is 11.2 Å². The highest BCUT2D eigenvalue weighted by Crippen LogP contribution is 2.35. The van der Waals surface area contributed by atoms with Gasteiger partial charge < -0.3 is 4.42 Å². The van der Waals surface area contributed by atoms with E-state index in [-0.39, 0.29) is 5.35 Å². The first-order valence-corrected chi connectivity index (χ1v) is 4.62. The SMILES string of the molecule is Fc1c(-c2nnc(Cl)o2)cccc1C(F)(F)F. The van der Waals surface area contributed by atoms with Crippen molar-refractivity contribution < 1.29 is 22.0 Å². The van der Waals surface area contributed by atoms with Crippen LogP contribution in [0.5, 0.6) is 0 Å². The summed E-state index contributed by atoms with van der Waals surface area (Å²) in [6, 6.07) is 2.75. The average Bonchev–Trinajstić information content (AvgIpc) is 2.63. The maximum Gasteiger partial charge on any atom is 0.419 e. The van der Waals surface area contributed by atoms with E-state index in [0.29, 0.717) is 6.07 Å². The Morgan fingerprint density at radius 3 is 2.41 bits per heavy atom. The van der Waals surface area contributed by atoms with Gasteiger partial charge in [0.05, 0.1) is 11.1 Å². The third-order valence-electron chi connectivity index (χ3n) is 1.93. The average molecular weight is 267 g/mol. The van der Waals surface area contributed by atoms with Crippen LogP contribution in [0.2, 0.25) is 5.35 Å². The van der Waals surface area contributed by atoms with Crippen molar-refractivity contribution in [2.45, 2.75) is 6.18 Å². The Kier molecular flexibility index (Phi) is 2.78. The Morgan fingerprint density at radius 2 is 1.88 bits per heavy atom. The molecule has 0 amide bonds. The van der Waals surface area contributed by atoms with Crippen LogP contribution in [0.3, 0.4) is 0 Å². The van der Waals surface area contributed by atoms with E-state index in [1.807, 2.05) is 0 Å². The molecule has 17 heavy (non-hydrogen) atoms. The molecule has 0 saturated carbocycles. The van der Waals surface area contributed by atoms with Crippen LogP contribution in [0, 0.1) is 5.82 Å². The van der Waals surface area contributed by atoms with Gasteiger partial charge in [0.15, 0.2) is 0 Å². The molecule has 0 radical (unpaired) electrons. The fourth-order valence-electron chi connectivity index (χ4n) is 1.23. The molecule has 0 aliphatic carbocycles. The predicted molar refractivity (Wildman–Crippen MR) is 49.7 cm³/mol. The number of hydrogen-bond donors (Lipinski definition) is 0. The topological polar surface area (TPSA) is 38.9 Å². The minimum Gasteiger partial charge on any atom is -0.407 e. The number of alkyl halides is 3. The minimum atomic E-state index is -4.79. The number of hydrogen-bond acceptors (Lipinski definition) is 3. The highest BCUT2D eigenvalue weighted by atomic mass is 35.5. The molecular formula is C9H3ClF4N2O. The monoisotopic (exact) mass is 266 g/mol. The summed E-state index contributed by atoms with van der Waals surface area (Å²) < 4.78 is 55.5. The van der Waals surface area contributed by atoms with E-state index in [0.717, 1.165) is 12.1 Å².